The number of hydrogen-bond donors (Lipinski definition) is 0. The average molecular weight is 708 g/mol. The van der Waals surface area contributed by atoms with Crippen LogP contribution in [0.3, 0.4) is 0 Å². The molecule has 1 saturated carbocycles. The number of halogens is 3. The Labute approximate surface area is 293 Å². The number of ether oxygens (including phenoxy) is 1. The summed E-state index contributed by atoms with van der Waals surface area (Å²) in [6.07, 6.45) is 2.04. The number of carbonyl (C=O) groups is 1. The summed E-state index contributed by atoms with van der Waals surface area (Å²) in [5.41, 5.74) is 3.52. The zero-order chi connectivity index (χ0) is 36.1. The second-order valence-corrected chi connectivity index (χ2v) is 15.8. The van der Waals surface area contributed by atoms with Gasteiger partial charge in [0.1, 0.15) is 5.60 Å². The van der Waals surface area contributed by atoms with Crippen molar-refractivity contribution in [2.24, 2.45) is 0 Å². The summed E-state index contributed by atoms with van der Waals surface area (Å²) in [7, 11) is -4.17. The number of benzene rings is 3. The fraction of sp³-hybridized carbons (Fsp3) is 0.385. The molecule has 0 N–H and O–H groups in total. The van der Waals surface area contributed by atoms with E-state index >= 15 is 0 Å². The average Bonchev–Trinajstić information content (AvgIpc) is 3.08. The highest BCUT2D eigenvalue weighted by Crippen LogP contribution is 2.31. The molecule has 3 aromatic carbocycles. The van der Waals surface area contributed by atoms with Gasteiger partial charge in [-0.2, -0.15) is 17.5 Å². The molecule has 1 amide bonds. The van der Waals surface area contributed by atoms with Gasteiger partial charge in [0, 0.05) is 37.6 Å². The van der Waals surface area contributed by atoms with Crippen LogP contribution in [0.15, 0.2) is 96.0 Å². The van der Waals surface area contributed by atoms with E-state index in [-0.39, 0.29) is 30.1 Å². The number of pyridine rings is 1. The molecule has 7 nitrogen and oxygen atoms in total. The van der Waals surface area contributed by atoms with Gasteiger partial charge in [-0.05, 0) is 98.7 Å². The molecule has 266 valence electrons. The van der Waals surface area contributed by atoms with Crippen LogP contribution in [-0.4, -0.2) is 40.3 Å². The molecule has 1 heterocycles. The first kappa shape index (κ1) is 37.0. The third kappa shape index (κ3) is 9.72. The van der Waals surface area contributed by atoms with Crippen LogP contribution in [0, 0.1) is 6.92 Å². The number of nitrogens with zero attached hydrogens (tertiary/aromatic N) is 3. The minimum Gasteiger partial charge on any atom is -0.444 e. The van der Waals surface area contributed by atoms with Gasteiger partial charge in [0.25, 0.3) is 0 Å². The number of sulfonamides is 1. The van der Waals surface area contributed by atoms with Crippen LogP contribution in [0.25, 0.3) is 11.1 Å². The summed E-state index contributed by atoms with van der Waals surface area (Å²) >= 11 is 0. The van der Waals surface area contributed by atoms with Gasteiger partial charge in [0.15, 0.2) is 0 Å². The van der Waals surface area contributed by atoms with Crippen LogP contribution in [0.2, 0.25) is 0 Å². The van der Waals surface area contributed by atoms with E-state index in [1.165, 1.54) is 10.7 Å². The smallest absolute Gasteiger partial charge is 0.416 e. The third-order valence-electron chi connectivity index (χ3n) is 8.75. The van der Waals surface area contributed by atoms with Crippen LogP contribution in [0.4, 0.5) is 18.0 Å². The van der Waals surface area contributed by atoms with Crippen molar-refractivity contribution >= 4 is 16.1 Å². The lowest BCUT2D eigenvalue weighted by atomic mass is 9.94. The van der Waals surface area contributed by atoms with Crippen molar-refractivity contribution in [1.82, 2.24) is 14.2 Å². The molecule has 0 bridgehead atoms. The molecule has 0 spiro atoms. The first-order valence-electron chi connectivity index (χ1n) is 16.9. The summed E-state index contributed by atoms with van der Waals surface area (Å²) in [6, 6.07) is 22.8. The molecule has 1 aliphatic rings. The standard InChI is InChI=1S/C39H44F3N3O4S/c1-28-10-11-31(24-43-28)26-44(50(47,48)36-22-20-34(21-23-36)39(40,41)42)25-29-12-16-32(17-13-29)33-18-14-30(15-19-33)27-45(35-8-6-5-7-9-35)37(46)49-38(2,3)4/h10-24,35H,5-9,25-27H2,1-4H3. The molecule has 0 radical (unpaired) electrons. The number of aryl methyl sites for hydroxylation is 1. The van der Waals surface area contributed by atoms with E-state index in [4.69, 9.17) is 4.74 Å². The van der Waals surface area contributed by atoms with Crippen molar-refractivity contribution in [2.45, 2.75) is 102 Å². The topological polar surface area (TPSA) is 79.8 Å². The van der Waals surface area contributed by atoms with Crippen LogP contribution in [0.1, 0.15) is 80.8 Å². The lowest BCUT2D eigenvalue weighted by Crippen LogP contribution is -2.43. The number of rotatable bonds is 10. The van der Waals surface area contributed by atoms with Crippen molar-refractivity contribution in [3.8, 4) is 11.1 Å². The largest absolute Gasteiger partial charge is 0.444 e. The highest BCUT2D eigenvalue weighted by atomic mass is 32.2. The van der Waals surface area contributed by atoms with E-state index in [0.29, 0.717) is 17.7 Å². The Balaban J connectivity index is 1.33. The van der Waals surface area contributed by atoms with Crippen LogP contribution in [0.5, 0.6) is 0 Å². The number of hydrogen-bond acceptors (Lipinski definition) is 5. The predicted molar refractivity (Wildman–Crippen MR) is 187 cm³/mol. The van der Waals surface area contributed by atoms with Crippen molar-refractivity contribution in [2.75, 3.05) is 0 Å². The van der Waals surface area contributed by atoms with E-state index in [2.05, 4.69) is 4.98 Å². The Bertz CT molecular complexity index is 1830. The Morgan fingerprint density at radius 1 is 0.760 bits per heavy atom. The van der Waals surface area contributed by atoms with Gasteiger partial charge < -0.3 is 9.64 Å². The number of amides is 1. The lowest BCUT2D eigenvalue weighted by Gasteiger charge is -2.35. The number of aromatic nitrogens is 1. The molecule has 0 aliphatic heterocycles. The van der Waals surface area contributed by atoms with Gasteiger partial charge in [-0.25, -0.2) is 13.2 Å². The van der Waals surface area contributed by atoms with Crippen molar-refractivity contribution in [3.63, 3.8) is 0 Å². The number of alkyl halides is 3. The zero-order valence-corrected chi connectivity index (χ0v) is 29.7. The first-order valence-corrected chi connectivity index (χ1v) is 18.3. The Morgan fingerprint density at radius 2 is 1.28 bits per heavy atom. The van der Waals surface area contributed by atoms with Crippen molar-refractivity contribution in [1.29, 1.82) is 0 Å². The second-order valence-electron chi connectivity index (χ2n) is 13.9. The number of carbonyl (C=O) groups excluding carboxylic acids is 1. The molecule has 0 saturated heterocycles. The maximum atomic E-state index is 13.8. The van der Waals surface area contributed by atoms with E-state index < -0.39 is 27.4 Å². The van der Waals surface area contributed by atoms with Gasteiger partial charge in [-0.15, -0.1) is 0 Å². The lowest BCUT2D eigenvalue weighted by molar-refractivity contribution is -0.137. The maximum Gasteiger partial charge on any atom is 0.416 e. The molecule has 1 aromatic heterocycles. The molecule has 0 unspecified atom stereocenters. The Morgan fingerprint density at radius 3 is 1.78 bits per heavy atom. The summed E-state index contributed by atoms with van der Waals surface area (Å²) in [6.45, 7) is 7.90. The summed E-state index contributed by atoms with van der Waals surface area (Å²) in [5, 5.41) is 0. The molecule has 11 heteroatoms. The molecular weight excluding hydrogens is 664 g/mol. The van der Waals surface area contributed by atoms with Gasteiger partial charge in [-0.1, -0.05) is 73.9 Å². The third-order valence-corrected chi connectivity index (χ3v) is 10.6. The molecule has 1 fully saturated rings. The summed E-state index contributed by atoms with van der Waals surface area (Å²) in [5.74, 6) is 0. The molecule has 4 aromatic rings. The van der Waals surface area contributed by atoms with Crippen LogP contribution >= 0.6 is 0 Å². The molecular formula is C39H44F3N3O4S. The quantitative estimate of drug-likeness (QED) is 0.164. The van der Waals surface area contributed by atoms with Crippen LogP contribution < -0.4 is 0 Å². The van der Waals surface area contributed by atoms with E-state index in [0.717, 1.165) is 72.3 Å². The predicted octanol–water partition coefficient (Wildman–Crippen LogP) is 9.54. The fourth-order valence-electron chi connectivity index (χ4n) is 6.05. The highest BCUT2D eigenvalue weighted by molar-refractivity contribution is 7.89. The maximum absolute atomic E-state index is 13.8. The fourth-order valence-corrected chi connectivity index (χ4v) is 7.46. The van der Waals surface area contributed by atoms with Crippen molar-refractivity contribution < 1.29 is 31.1 Å². The summed E-state index contributed by atoms with van der Waals surface area (Å²) < 4.78 is 74.1. The SMILES string of the molecule is Cc1ccc(CN(Cc2ccc(-c3ccc(CN(C(=O)OC(C)(C)C)C4CCCCC4)cc3)cc2)S(=O)(=O)c2ccc(C(F)(F)F)cc2)cn1. The normalized spacial score (nSPS) is 14.5. The second kappa shape index (κ2) is 15.3. The van der Waals surface area contributed by atoms with Gasteiger partial charge in [0.05, 0.1) is 10.5 Å². The molecule has 5 rings (SSSR count). The van der Waals surface area contributed by atoms with E-state index in [9.17, 15) is 26.4 Å². The minimum absolute atomic E-state index is 0.00187. The van der Waals surface area contributed by atoms with E-state index in [1.54, 1.807) is 18.3 Å². The highest BCUT2D eigenvalue weighted by Gasteiger charge is 2.32. The van der Waals surface area contributed by atoms with Gasteiger partial charge in [0.2, 0.25) is 10.0 Å². The van der Waals surface area contributed by atoms with Gasteiger partial charge >= 0.3 is 12.3 Å². The molecule has 0 atom stereocenters. The Kier molecular flexibility index (Phi) is 11.4. The van der Waals surface area contributed by atoms with Crippen molar-refractivity contribution in [3.05, 3.63) is 119 Å². The molecule has 50 heavy (non-hydrogen) atoms. The minimum atomic E-state index is -4.58. The zero-order valence-electron chi connectivity index (χ0n) is 28.9. The van der Waals surface area contributed by atoms with Gasteiger partial charge in [-0.3, -0.25) is 4.98 Å². The Hall–Kier alpha value is -4.22. The summed E-state index contributed by atoms with van der Waals surface area (Å²) in [4.78, 5) is 19.1. The monoisotopic (exact) mass is 707 g/mol. The van der Waals surface area contributed by atoms with Crippen LogP contribution in [-0.2, 0) is 40.6 Å². The van der Waals surface area contributed by atoms with E-state index in [1.807, 2.05) is 81.1 Å². The molecule has 1 aliphatic carbocycles. The first-order chi connectivity index (χ1) is 23.6.